The summed E-state index contributed by atoms with van der Waals surface area (Å²) in [7, 11) is 0. The minimum Gasteiger partial charge on any atom is -0.476 e. The lowest BCUT2D eigenvalue weighted by atomic mass is 10.1. The molecule has 2 aromatic rings. The summed E-state index contributed by atoms with van der Waals surface area (Å²) in [5, 5.41) is 0.494. The van der Waals surface area contributed by atoms with Gasteiger partial charge in [-0.25, -0.2) is 0 Å². The maximum Gasteiger partial charge on any atom is 0.303 e. The first-order chi connectivity index (χ1) is 15.2. The number of esters is 3. The maximum atomic E-state index is 11.8. The largest absolute Gasteiger partial charge is 0.476 e. The zero-order chi connectivity index (χ0) is 23.3. The number of carbonyl (C=O) groups excluding carboxylic acids is 3. The summed E-state index contributed by atoms with van der Waals surface area (Å²) < 4.78 is 22.3. The molecule has 0 aliphatic carbocycles. The molecule has 1 aliphatic heterocycles. The van der Waals surface area contributed by atoms with Gasteiger partial charge in [-0.1, -0.05) is 23.7 Å². The quantitative estimate of drug-likeness (QED) is 0.453. The van der Waals surface area contributed by atoms with Crippen LogP contribution in [0.5, 0.6) is 5.75 Å². The number of aromatic nitrogens is 1. The second-order valence-electron chi connectivity index (χ2n) is 7.00. The number of rotatable bonds is 6. The standard InChI is InChI=1S/C22H22ClNO7S/c1-12(25)28-19-11-32-22(21(30-14(3)27)20(19)29-13(2)26)31-16-6-4-5-15(9-16)17-7-8-24-10-18(17)23/h4-10,19-22H,11H2,1-3H3/t19-,20+,21-,22-/m1/s1. The molecule has 4 atom stereocenters. The smallest absolute Gasteiger partial charge is 0.303 e. The Morgan fingerprint density at radius 2 is 1.69 bits per heavy atom. The fourth-order valence-electron chi connectivity index (χ4n) is 3.29. The Morgan fingerprint density at radius 1 is 1.00 bits per heavy atom. The van der Waals surface area contributed by atoms with Gasteiger partial charge in [-0.2, -0.15) is 0 Å². The van der Waals surface area contributed by atoms with Crippen molar-refractivity contribution in [3.05, 3.63) is 47.7 Å². The van der Waals surface area contributed by atoms with Crippen LogP contribution in [0.3, 0.4) is 0 Å². The van der Waals surface area contributed by atoms with E-state index in [0.29, 0.717) is 10.8 Å². The SMILES string of the molecule is CC(=O)O[C@@H]1[C@@H](OC(C)=O)[C@H](OC(C)=O)CS[C@H]1Oc1cccc(-c2ccncc2Cl)c1. The molecule has 3 rings (SSSR count). The first kappa shape index (κ1) is 23.9. The van der Waals surface area contributed by atoms with Gasteiger partial charge in [0.1, 0.15) is 5.75 Å². The molecule has 1 aromatic carbocycles. The molecular formula is C22H22ClNO7S. The van der Waals surface area contributed by atoms with Gasteiger partial charge in [0.15, 0.2) is 23.7 Å². The van der Waals surface area contributed by atoms with Crippen molar-refractivity contribution in [1.29, 1.82) is 0 Å². The fourth-order valence-corrected chi connectivity index (χ4v) is 4.74. The molecular weight excluding hydrogens is 458 g/mol. The lowest BCUT2D eigenvalue weighted by Crippen LogP contribution is -2.55. The van der Waals surface area contributed by atoms with Crippen LogP contribution in [0.2, 0.25) is 5.02 Å². The average molecular weight is 480 g/mol. The number of hydrogen-bond donors (Lipinski definition) is 0. The third-order valence-electron chi connectivity index (χ3n) is 4.47. The summed E-state index contributed by atoms with van der Waals surface area (Å²) in [6.07, 6.45) is 0.405. The van der Waals surface area contributed by atoms with Crippen LogP contribution in [0.25, 0.3) is 11.1 Å². The monoisotopic (exact) mass is 479 g/mol. The molecule has 1 saturated heterocycles. The zero-order valence-corrected chi connectivity index (χ0v) is 19.2. The number of thioether (sulfide) groups is 1. The molecule has 1 aromatic heterocycles. The Hall–Kier alpha value is -2.78. The number of halogens is 1. The highest BCUT2D eigenvalue weighted by Crippen LogP contribution is 2.36. The normalized spacial score (nSPS) is 22.5. The molecule has 0 amide bonds. The van der Waals surface area contributed by atoms with Gasteiger partial charge in [0.25, 0.3) is 0 Å². The molecule has 32 heavy (non-hydrogen) atoms. The lowest BCUT2D eigenvalue weighted by molar-refractivity contribution is -0.186. The molecule has 0 saturated carbocycles. The molecule has 8 nitrogen and oxygen atoms in total. The predicted octanol–water partition coefficient (Wildman–Crippen LogP) is 3.65. The average Bonchev–Trinajstić information content (AvgIpc) is 2.72. The molecule has 0 spiro atoms. The van der Waals surface area contributed by atoms with Crippen molar-refractivity contribution in [2.75, 3.05) is 5.75 Å². The summed E-state index contributed by atoms with van der Waals surface area (Å²) in [6.45, 7) is 3.73. The summed E-state index contributed by atoms with van der Waals surface area (Å²) in [6, 6.07) is 9.03. The second-order valence-corrected chi connectivity index (χ2v) is 8.54. The Balaban J connectivity index is 1.88. The number of pyridine rings is 1. The van der Waals surface area contributed by atoms with Crippen molar-refractivity contribution in [3.8, 4) is 16.9 Å². The molecule has 0 unspecified atom stereocenters. The van der Waals surface area contributed by atoms with Crippen molar-refractivity contribution in [2.24, 2.45) is 0 Å². The van der Waals surface area contributed by atoms with Crippen LogP contribution >= 0.6 is 23.4 Å². The molecule has 0 radical (unpaired) electrons. The number of ether oxygens (including phenoxy) is 4. The summed E-state index contributed by atoms with van der Waals surface area (Å²) in [5.74, 6) is -0.921. The maximum absolute atomic E-state index is 11.8. The highest BCUT2D eigenvalue weighted by Gasteiger charge is 2.47. The Kier molecular flexibility index (Phi) is 7.98. The third-order valence-corrected chi connectivity index (χ3v) is 5.99. The topological polar surface area (TPSA) is 101 Å². The predicted molar refractivity (Wildman–Crippen MR) is 118 cm³/mol. The molecule has 1 aliphatic rings. The van der Waals surface area contributed by atoms with E-state index in [1.165, 1.54) is 32.5 Å². The van der Waals surface area contributed by atoms with Crippen molar-refractivity contribution in [2.45, 2.75) is 44.5 Å². The summed E-state index contributed by atoms with van der Waals surface area (Å²) >= 11 is 7.54. The van der Waals surface area contributed by atoms with Crippen molar-refractivity contribution < 1.29 is 33.3 Å². The van der Waals surface area contributed by atoms with E-state index in [-0.39, 0.29) is 5.75 Å². The first-order valence-electron chi connectivity index (χ1n) is 9.74. The highest BCUT2D eigenvalue weighted by molar-refractivity contribution is 7.99. The van der Waals surface area contributed by atoms with Crippen LogP contribution in [0.15, 0.2) is 42.7 Å². The second kappa shape index (κ2) is 10.7. The highest BCUT2D eigenvalue weighted by atomic mass is 35.5. The minimum absolute atomic E-state index is 0.288. The molecule has 2 heterocycles. The molecule has 10 heteroatoms. The number of hydrogen-bond acceptors (Lipinski definition) is 9. The summed E-state index contributed by atoms with van der Waals surface area (Å²) in [5.41, 5.74) is 0.889. The van der Waals surface area contributed by atoms with Crippen LogP contribution in [0.1, 0.15) is 20.8 Å². The molecule has 1 fully saturated rings. The van der Waals surface area contributed by atoms with Crippen LogP contribution in [-0.4, -0.2) is 52.4 Å². The number of nitrogens with zero attached hydrogens (tertiary/aromatic N) is 1. The molecule has 170 valence electrons. The van der Waals surface area contributed by atoms with Crippen LogP contribution in [0, 0.1) is 0 Å². The van der Waals surface area contributed by atoms with E-state index < -0.39 is 41.7 Å². The first-order valence-corrected chi connectivity index (χ1v) is 11.2. The van der Waals surface area contributed by atoms with Crippen molar-refractivity contribution in [1.82, 2.24) is 4.98 Å². The van der Waals surface area contributed by atoms with Gasteiger partial charge in [0, 0.05) is 44.5 Å². The molecule has 0 N–H and O–H groups in total. The van der Waals surface area contributed by atoms with E-state index in [2.05, 4.69) is 4.98 Å². The van der Waals surface area contributed by atoms with Gasteiger partial charge in [-0.05, 0) is 23.8 Å². The van der Waals surface area contributed by atoms with E-state index in [9.17, 15) is 14.4 Å². The number of carbonyl (C=O) groups is 3. The lowest BCUT2D eigenvalue weighted by Gasteiger charge is -2.39. The van der Waals surface area contributed by atoms with Crippen molar-refractivity contribution >= 4 is 41.3 Å². The van der Waals surface area contributed by atoms with Crippen molar-refractivity contribution in [3.63, 3.8) is 0 Å². The van der Waals surface area contributed by atoms with Gasteiger partial charge in [-0.3, -0.25) is 19.4 Å². The summed E-state index contributed by atoms with van der Waals surface area (Å²) in [4.78, 5) is 39.0. The molecule has 0 bridgehead atoms. The van der Waals surface area contributed by atoms with E-state index in [1.807, 2.05) is 6.07 Å². The van der Waals surface area contributed by atoms with Gasteiger partial charge >= 0.3 is 17.9 Å². The Bertz CT molecular complexity index is 1000. The Morgan fingerprint density at radius 3 is 2.34 bits per heavy atom. The zero-order valence-electron chi connectivity index (χ0n) is 17.6. The van der Waals surface area contributed by atoms with Gasteiger partial charge < -0.3 is 18.9 Å². The fraction of sp³-hybridized carbons (Fsp3) is 0.364. The van der Waals surface area contributed by atoms with Crippen LogP contribution < -0.4 is 4.74 Å². The van der Waals surface area contributed by atoms with E-state index in [4.69, 9.17) is 30.5 Å². The van der Waals surface area contributed by atoms with E-state index in [1.54, 1.807) is 36.7 Å². The minimum atomic E-state index is -1.01. The van der Waals surface area contributed by atoms with Crippen LogP contribution in [0.4, 0.5) is 0 Å². The third kappa shape index (κ3) is 6.14. The van der Waals surface area contributed by atoms with E-state index >= 15 is 0 Å². The Labute approximate surface area is 194 Å². The van der Waals surface area contributed by atoms with Gasteiger partial charge in [0.2, 0.25) is 0 Å². The van der Waals surface area contributed by atoms with E-state index in [0.717, 1.165) is 11.1 Å². The number of benzene rings is 1. The van der Waals surface area contributed by atoms with Gasteiger partial charge in [-0.15, -0.1) is 11.8 Å². The van der Waals surface area contributed by atoms with Crippen LogP contribution in [-0.2, 0) is 28.6 Å². The van der Waals surface area contributed by atoms with Gasteiger partial charge in [0.05, 0.1) is 5.02 Å².